The second kappa shape index (κ2) is 5.56. The number of ether oxygens (including phenoxy) is 2. The van der Waals surface area contributed by atoms with Crippen molar-refractivity contribution in [3.05, 3.63) is 6.92 Å². The SMILES string of the molecule is [CH]COCOC(=O)CC. The van der Waals surface area contributed by atoms with Gasteiger partial charge in [0.05, 0.1) is 6.61 Å². The fraction of sp³-hybridized carbons (Fsp3) is 0.667. The molecule has 0 aliphatic carbocycles. The fourth-order valence-electron chi connectivity index (χ4n) is 0.258. The van der Waals surface area contributed by atoms with Crippen LogP contribution in [0, 0.1) is 6.92 Å². The van der Waals surface area contributed by atoms with E-state index in [1.165, 1.54) is 0 Å². The lowest BCUT2D eigenvalue weighted by Gasteiger charge is -2.00. The van der Waals surface area contributed by atoms with Crippen molar-refractivity contribution in [3.63, 3.8) is 0 Å². The molecule has 2 radical (unpaired) electrons. The predicted octanol–water partition coefficient (Wildman–Crippen LogP) is 0.625. The van der Waals surface area contributed by atoms with E-state index in [0.717, 1.165) is 0 Å². The third-order valence-corrected chi connectivity index (χ3v) is 0.710. The van der Waals surface area contributed by atoms with Crippen molar-refractivity contribution in [2.24, 2.45) is 0 Å². The first-order chi connectivity index (χ1) is 4.31. The van der Waals surface area contributed by atoms with Crippen LogP contribution in [0.3, 0.4) is 0 Å². The summed E-state index contributed by atoms with van der Waals surface area (Å²) in [6.07, 6.45) is 0.369. The van der Waals surface area contributed by atoms with Crippen LogP contribution in [0.4, 0.5) is 0 Å². The lowest BCUT2D eigenvalue weighted by Crippen LogP contribution is -2.06. The van der Waals surface area contributed by atoms with Gasteiger partial charge in [-0.15, -0.1) is 0 Å². The maximum Gasteiger partial charge on any atom is 0.307 e. The molecule has 0 amide bonds. The lowest BCUT2D eigenvalue weighted by molar-refractivity contribution is -0.154. The molecule has 0 aromatic carbocycles. The van der Waals surface area contributed by atoms with Gasteiger partial charge in [0.25, 0.3) is 0 Å². The molecule has 0 unspecified atom stereocenters. The van der Waals surface area contributed by atoms with Crippen molar-refractivity contribution >= 4 is 5.97 Å². The van der Waals surface area contributed by atoms with Crippen molar-refractivity contribution in [2.75, 3.05) is 13.4 Å². The van der Waals surface area contributed by atoms with E-state index in [1.54, 1.807) is 6.92 Å². The van der Waals surface area contributed by atoms with E-state index in [4.69, 9.17) is 6.92 Å². The number of hydrogen-bond acceptors (Lipinski definition) is 3. The second-order valence-corrected chi connectivity index (χ2v) is 1.36. The smallest absolute Gasteiger partial charge is 0.307 e. The van der Waals surface area contributed by atoms with Gasteiger partial charge in [0, 0.05) is 6.42 Å². The second-order valence-electron chi connectivity index (χ2n) is 1.36. The van der Waals surface area contributed by atoms with Crippen LogP contribution in [0.1, 0.15) is 13.3 Å². The summed E-state index contributed by atoms with van der Waals surface area (Å²) in [5.74, 6) is -0.275. The molecule has 0 rings (SSSR count). The summed E-state index contributed by atoms with van der Waals surface area (Å²) in [5, 5.41) is 0. The van der Waals surface area contributed by atoms with Gasteiger partial charge in [-0.1, -0.05) is 6.92 Å². The summed E-state index contributed by atoms with van der Waals surface area (Å²) >= 11 is 0. The average Bonchev–Trinajstić information content (AvgIpc) is 1.89. The standard InChI is InChI=1S/C6H10O3/c1-3-6(7)9-5-8-4-2/h2H,3-5H2,1H3. The monoisotopic (exact) mass is 130 g/mol. The Morgan fingerprint density at radius 2 is 2.33 bits per heavy atom. The molecule has 0 saturated carbocycles. The first-order valence-corrected chi connectivity index (χ1v) is 2.74. The van der Waals surface area contributed by atoms with Crippen molar-refractivity contribution in [1.29, 1.82) is 0 Å². The molecule has 0 fully saturated rings. The van der Waals surface area contributed by atoms with Gasteiger partial charge in [-0.2, -0.15) is 0 Å². The van der Waals surface area contributed by atoms with Gasteiger partial charge in [0.1, 0.15) is 0 Å². The first-order valence-electron chi connectivity index (χ1n) is 2.74. The van der Waals surface area contributed by atoms with E-state index in [1.807, 2.05) is 0 Å². The van der Waals surface area contributed by atoms with Crippen LogP contribution in [0.2, 0.25) is 0 Å². The fourth-order valence-corrected chi connectivity index (χ4v) is 0.258. The highest BCUT2D eigenvalue weighted by Crippen LogP contribution is 1.83. The quantitative estimate of drug-likeness (QED) is 0.318. The topological polar surface area (TPSA) is 35.5 Å². The molecule has 0 aliphatic heterocycles. The Hall–Kier alpha value is -0.570. The Morgan fingerprint density at radius 1 is 1.67 bits per heavy atom. The minimum absolute atomic E-state index is 0.0385. The van der Waals surface area contributed by atoms with Gasteiger partial charge >= 0.3 is 5.97 Å². The number of esters is 1. The van der Waals surface area contributed by atoms with Crippen LogP contribution < -0.4 is 0 Å². The zero-order valence-electron chi connectivity index (χ0n) is 5.42. The predicted molar refractivity (Wildman–Crippen MR) is 31.5 cm³/mol. The zero-order chi connectivity index (χ0) is 7.11. The largest absolute Gasteiger partial charge is 0.438 e. The summed E-state index contributed by atoms with van der Waals surface area (Å²) in [6, 6.07) is 0. The van der Waals surface area contributed by atoms with E-state index in [0.29, 0.717) is 6.42 Å². The maximum atomic E-state index is 10.3. The molecule has 52 valence electrons. The van der Waals surface area contributed by atoms with Gasteiger partial charge in [-0.05, 0) is 6.92 Å². The van der Waals surface area contributed by atoms with Gasteiger partial charge in [-0.25, -0.2) is 0 Å². The van der Waals surface area contributed by atoms with Crippen LogP contribution in [-0.2, 0) is 14.3 Å². The molecule has 3 nitrogen and oxygen atoms in total. The van der Waals surface area contributed by atoms with E-state index in [-0.39, 0.29) is 19.4 Å². The van der Waals surface area contributed by atoms with E-state index in [2.05, 4.69) is 9.47 Å². The lowest BCUT2D eigenvalue weighted by atomic mass is 10.5. The molecule has 0 heterocycles. The first kappa shape index (κ1) is 8.43. The number of hydrogen-bond donors (Lipinski definition) is 0. The normalized spacial score (nSPS) is 9.11. The maximum absolute atomic E-state index is 10.3. The minimum Gasteiger partial charge on any atom is -0.438 e. The third-order valence-electron chi connectivity index (χ3n) is 0.710. The molecule has 0 atom stereocenters. The van der Waals surface area contributed by atoms with Gasteiger partial charge in [0.15, 0.2) is 6.79 Å². The van der Waals surface area contributed by atoms with Crippen LogP contribution in [-0.4, -0.2) is 19.4 Å². The van der Waals surface area contributed by atoms with Crippen LogP contribution in [0.5, 0.6) is 0 Å². The van der Waals surface area contributed by atoms with Crippen molar-refractivity contribution in [1.82, 2.24) is 0 Å². The Balaban J connectivity index is 2.97. The summed E-state index contributed by atoms with van der Waals surface area (Å²) < 4.78 is 9.03. The Morgan fingerprint density at radius 3 is 2.78 bits per heavy atom. The molecule has 0 spiro atoms. The van der Waals surface area contributed by atoms with Gasteiger partial charge in [0.2, 0.25) is 0 Å². The molecule has 0 N–H and O–H groups in total. The van der Waals surface area contributed by atoms with Gasteiger partial charge < -0.3 is 9.47 Å². The van der Waals surface area contributed by atoms with Crippen LogP contribution in [0.15, 0.2) is 0 Å². The number of carbonyl (C=O) groups is 1. The Labute approximate surface area is 55.0 Å². The van der Waals surface area contributed by atoms with Crippen molar-refractivity contribution < 1.29 is 14.3 Å². The van der Waals surface area contributed by atoms with E-state index >= 15 is 0 Å². The molecule has 3 heteroatoms. The van der Waals surface area contributed by atoms with Crippen LogP contribution in [0.25, 0.3) is 0 Å². The Kier molecular flexibility index (Phi) is 5.21. The summed E-state index contributed by atoms with van der Waals surface area (Å²) in [5.41, 5.74) is 0. The number of carbonyl (C=O) groups excluding carboxylic acids is 1. The minimum atomic E-state index is -0.275. The molecule has 0 aromatic heterocycles. The summed E-state index contributed by atoms with van der Waals surface area (Å²) in [7, 11) is 0. The van der Waals surface area contributed by atoms with Crippen LogP contribution >= 0.6 is 0 Å². The molecule has 9 heavy (non-hydrogen) atoms. The molecular formula is C6H10O3. The molecule has 0 saturated heterocycles. The molecule has 0 aromatic rings. The van der Waals surface area contributed by atoms with Crippen molar-refractivity contribution in [3.8, 4) is 0 Å². The van der Waals surface area contributed by atoms with Gasteiger partial charge in [-0.3, -0.25) is 4.79 Å². The highest BCUT2D eigenvalue weighted by Gasteiger charge is 1.94. The zero-order valence-corrected chi connectivity index (χ0v) is 5.42. The third kappa shape index (κ3) is 5.30. The Bertz CT molecular complexity index is 80.4. The highest BCUT2D eigenvalue weighted by molar-refractivity contribution is 5.68. The molecule has 0 bridgehead atoms. The van der Waals surface area contributed by atoms with Crippen molar-refractivity contribution in [2.45, 2.75) is 13.3 Å². The molecular weight excluding hydrogens is 120 g/mol. The summed E-state index contributed by atoms with van der Waals surface area (Å²) in [6.45, 7) is 6.70. The summed E-state index contributed by atoms with van der Waals surface area (Å²) in [4.78, 5) is 10.3. The number of rotatable bonds is 4. The average molecular weight is 130 g/mol. The highest BCUT2D eigenvalue weighted by atomic mass is 16.7. The van der Waals surface area contributed by atoms with E-state index in [9.17, 15) is 4.79 Å². The van der Waals surface area contributed by atoms with E-state index < -0.39 is 0 Å². The molecule has 0 aliphatic rings.